The first-order chi connectivity index (χ1) is 13.1. The van der Waals surface area contributed by atoms with Crippen LogP contribution in [0.5, 0.6) is 11.5 Å². The van der Waals surface area contributed by atoms with Crippen molar-refractivity contribution in [1.29, 1.82) is 0 Å². The van der Waals surface area contributed by atoms with Crippen molar-refractivity contribution in [2.75, 3.05) is 32.6 Å². The molecule has 5 nitrogen and oxygen atoms in total. The van der Waals surface area contributed by atoms with Gasteiger partial charge >= 0.3 is 0 Å². The molecule has 0 saturated heterocycles. The van der Waals surface area contributed by atoms with E-state index >= 15 is 0 Å². The van der Waals surface area contributed by atoms with Crippen LogP contribution in [0.3, 0.4) is 0 Å². The number of carbonyl (C=O) groups excluding carboxylic acids is 1. The Hall–Kier alpha value is -2.69. The van der Waals surface area contributed by atoms with Crippen LogP contribution in [0, 0.1) is 0 Å². The summed E-state index contributed by atoms with van der Waals surface area (Å²) < 4.78 is 10.8. The number of hydrogen-bond acceptors (Lipinski definition) is 4. The maximum atomic E-state index is 12.6. The number of ether oxygens (including phenoxy) is 2. The Bertz CT molecular complexity index is 787. The number of fused-ring (bicyclic) bond motifs is 1. The second-order valence-corrected chi connectivity index (χ2v) is 6.77. The molecule has 0 saturated carbocycles. The predicted octanol–water partition coefficient (Wildman–Crippen LogP) is 3.65. The maximum absolute atomic E-state index is 12.6. The van der Waals surface area contributed by atoms with Gasteiger partial charge in [0.05, 0.1) is 14.2 Å². The van der Waals surface area contributed by atoms with E-state index in [-0.39, 0.29) is 5.91 Å². The van der Waals surface area contributed by atoms with Gasteiger partial charge in [0.1, 0.15) is 0 Å². The van der Waals surface area contributed by atoms with Gasteiger partial charge in [-0.05, 0) is 53.8 Å². The lowest BCUT2D eigenvalue weighted by Crippen LogP contribution is -2.36. The van der Waals surface area contributed by atoms with Crippen molar-refractivity contribution in [3.05, 3.63) is 53.1 Å². The first-order valence-electron chi connectivity index (χ1n) is 9.49. The summed E-state index contributed by atoms with van der Waals surface area (Å²) in [7, 11) is 3.28. The molecule has 3 rings (SSSR count). The number of nitrogens with one attached hydrogen (secondary N) is 1. The van der Waals surface area contributed by atoms with Crippen LogP contribution in [0.25, 0.3) is 0 Å². The smallest absolute Gasteiger partial charge is 0.224 e. The number of methoxy groups -OCH3 is 2. The molecule has 0 unspecified atom stereocenters. The quantitative estimate of drug-likeness (QED) is 0.810. The van der Waals surface area contributed by atoms with Gasteiger partial charge in [0.2, 0.25) is 5.91 Å². The standard InChI is InChI=1S/C22H28N2O3/c1-4-16-5-7-19(8-6-16)23-11-9-22(25)24-12-10-17-13-20(26-2)21(27-3)14-18(17)15-24/h5-8,13-14,23H,4,9-12,15H2,1-3H3. The zero-order valence-corrected chi connectivity index (χ0v) is 16.4. The van der Waals surface area contributed by atoms with E-state index in [2.05, 4.69) is 36.5 Å². The van der Waals surface area contributed by atoms with Gasteiger partial charge in [-0.1, -0.05) is 19.1 Å². The van der Waals surface area contributed by atoms with Gasteiger partial charge in [-0.15, -0.1) is 0 Å². The van der Waals surface area contributed by atoms with Gasteiger partial charge in [-0.25, -0.2) is 0 Å². The summed E-state index contributed by atoms with van der Waals surface area (Å²) in [5.74, 6) is 1.63. The number of hydrogen-bond donors (Lipinski definition) is 1. The molecule has 0 aliphatic carbocycles. The fourth-order valence-electron chi connectivity index (χ4n) is 3.43. The number of benzene rings is 2. The summed E-state index contributed by atoms with van der Waals surface area (Å²) in [6.45, 7) is 4.15. The molecule has 2 aromatic carbocycles. The summed E-state index contributed by atoms with van der Waals surface area (Å²) in [5.41, 5.74) is 4.73. The minimum absolute atomic E-state index is 0.174. The van der Waals surface area contributed by atoms with Crippen LogP contribution in [0.2, 0.25) is 0 Å². The third-order valence-electron chi connectivity index (χ3n) is 5.10. The van der Waals surface area contributed by atoms with E-state index in [0.717, 1.165) is 36.4 Å². The molecule has 5 heteroatoms. The third kappa shape index (κ3) is 4.54. The molecular weight excluding hydrogens is 340 g/mol. The third-order valence-corrected chi connectivity index (χ3v) is 5.10. The molecule has 0 aromatic heterocycles. The molecule has 1 amide bonds. The first-order valence-corrected chi connectivity index (χ1v) is 9.49. The molecule has 144 valence electrons. The van der Waals surface area contributed by atoms with Gasteiger partial charge in [0, 0.05) is 31.7 Å². The van der Waals surface area contributed by atoms with Crippen LogP contribution in [0.4, 0.5) is 5.69 Å². The zero-order valence-electron chi connectivity index (χ0n) is 16.4. The molecular formula is C22H28N2O3. The Morgan fingerprint density at radius 2 is 1.74 bits per heavy atom. The minimum atomic E-state index is 0.174. The van der Waals surface area contributed by atoms with E-state index in [0.29, 0.717) is 25.3 Å². The zero-order chi connectivity index (χ0) is 19.2. The van der Waals surface area contributed by atoms with E-state index in [9.17, 15) is 4.79 Å². The van der Waals surface area contributed by atoms with Crippen molar-refractivity contribution in [2.45, 2.75) is 32.7 Å². The topological polar surface area (TPSA) is 50.8 Å². The number of amides is 1. The normalized spacial score (nSPS) is 13.1. The lowest BCUT2D eigenvalue weighted by Gasteiger charge is -2.29. The maximum Gasteiger partial charge on any atom is 0.224 e. The molecule has 0 radical (unpaired) electrons. The fraction of sp³-hybridized carbons (Fsp3) is 0.409. The second kappa shape index (κ2) is 8.80. The Kier molecular flexibility index (Phi) is 6.22. The van der Waals surface area contributed by atoms with Crippen LogP contribution < -0.4 is 14.8 Å². The minimum Gasteiger partial charge on any atom is -0.493 e. The Labute approximate surface area is 161 Å². The van der Waals surface area contributed by atoms with Crippen molar-refractivity contribution in [3.63, 3.8) is 0 Å². The number of aryl methyl sites for hydroxylation is 1. The van der Waals surface area contributed by atoms with Crippen molar-refractivity contribution in [3.8, 4) is 11.5 Å². The summed E-state index contributed by atoms with van der Waals surface area (Å²) >= 11 is 0. The molecule has 0 bridgehead atoms. The van der Waals surface area contributed by atoms with Gasteiger partial charge in [-0.2, -0.15) is 0 Å². The highest BCUT2D eigenvalue weighted by Gasteiger charge is 2.22. The molecule has 1 N–H and O–H groups in total. The van der Waals surface area contributed by atoms with Crippen LogP contribution in [0.15, 0.2) is 36.4 Å². The SMILES string of the molecule is CCc1ccc(NCCC(=O)N2CCc3cc(OC)c(OC)cc3C2)cc1. The number of anilines is 1. The highest BCUT2D eigenvalue weighted by molar-refractivity contribution is 5.77. The molecule has 0 spiro atoms. The van der Waals surface area contributed by atoms with E-state index in [1.165, 1.54) is 11.1 Å². The van der Waals surface area contributed by atoms with Gasteiger partial charge in [-0.3, -0.25) is 4.79 Å². The summed E-state index contributed by atoms with van der Waals surface area (Å²) in [6.07, 6.45) is 2.36. The molecule has 27 heavy (non-hydrogen) atoms. The number of rotatable bonds is 7. The van der Waals surface area contributed by atoms with Crippen LogP contribution >= 0.6 is 0 Å². The highest BCUT2D eigenvalue weighted by atomic mass is 16.5. The Morgan fingerprint density at radius 3 is 2.37 bits per heavy atom. The van der Waals surface area contributed by atoms with Crippen molar-refractivity contribution in [2.24, 2.45) is 0 Å². The monoisotopic (exact) mass is 368 g/mol. The summed E-state index contributed by atoms with van der Waals surface area (Å²) in [6, 6.07) is 12.4. The number of carbonyl (C=O) groups is 1. The molecule has 1 heterocycles. The lowest BCUT2D eigenvalue weighted by atomic mass is 9.98. The van der Waals surface area contributed by atoms with E-state index in [1.54, 1.807) is 14.2 Å². The molecule has 1 aliphatic heterocycles. The fourth-order valence-corrected chi connectivity index (χ4v) is 3.43. The van der Waals surface area contributed by atoms with Crippen molar-refractivity contribution < 1.29 is 14.3 Å². The Morgan fingerprint density at radius 1 is 1.07 bits per heavy atom. The van der Waals surface area contributed by atoms with Crippen LogP contribution in [0.1, 0.15) is 30.0 Å². The van der Waals surface area contributed by atoms with Crippen molar-refractivity contribution in [1.82, 2.24) is 4.90 Å². The van der Waals surface area contributed by atoms with Crippen LogP contribution in [-0.2, 0) is 24.2 Å². The second-order valence-electron chi connectivity index (χ2n) is 6.77. The summed E-state index contributed by atoms with van der Waals surface area (Å²) in [5, 5.41) is 3.33. The van der Waals surface area contributed by atoms with E-state index in [1.807, 2.05) is 17.0 Å². The van der Waals surface area contributed by atoms with Gasteiger partial charge in [0.15, 0.2) is 11.5 Å². The average Bonchev–Trinajstić information content (AvgIpc) is 2.72. The van der Waals surface area contributed by atoms with Crippen molar-refractivity contribution >= 4 is 11.6 Å². The molecule has 1 aliphatic rings. The van der Waals surface area contributed by atoms with Gasteiger partial charge < -0.3 is 19.7 Å². The largest absolute Gasteiger partial charge is 0.493 e. The number of nitrogens with zero attached hydrogens (tertiary/aromatic N) is 1. The first kappa shape index (κ1) is 19.1. The molecule has 0 atom stereocenters. The Balaban J connectivity index is 1.55. The van der Waals surface area contributed by atoms with Crippen LogP contribution in [-0.4, -0.2) is 38.1 Å². The molecule has 0 fully saturated rings. The van der Waals surface area contributed by atoms with E-state index in [4.69, 9.17) is 9.47 Å². The summed E-state index contributed by atoms with van der Waals surface area (Å²) in [4.78, 5) is 14.5. The van der Waals surface area contributed by atoms with Gasteiger partial charge in [0.25, 0.3) is 0 Å². The highest BCUT2D eigenvalue weighted by Crippen LogP contribution is 2.33. The van der Waals surface area contributed by atoms with E-state index < -0.39 is 0 Å². The molecule has 2 aromatic rings. The average molecular weight is 368 g/mol. The lowest BCUT2D eigenvalue weighted by molar-refractivity contribution is -0.131. The predicted molar refractivity (Wildman–Crippen MR) is 108 cm³/mol.